The van der Waals surface area contributed by atoms with Gasteiger partial charge in [-0.2, -0.15) is 0 Å². The molecule has 2 aromatic rings. The lowest BCUT2D eigenvalue weighted by atomic mass is 9.47. The predicted octanol–water partition coefficient (Wildman–Crippen LogP) is 4.94. The minimum atomic E-state index is -0.401. The fourth-order valence-electron chi connectivity index (χ4n) is 5.85. The summed E-state index contributed by atoms with van der Waals surface area (Å²) in [6.07, 6.45) is 3.53. The molecular formula is C24H30O4. The van der Waals surface area contributed by atoms with Crippen molar-refractivity contribution in [3.8, 4) is 5.75 Å². The minimum Gasteiger partial charge on any atom is -0.492 e. The monoisotopic (exact) mass is 382 g/mol. The average Bonchev–Trinajstić information content (AvgIpc) is 2.64. The highest BCUT2D eigenvalue weighted by molar-refractivity contribution is 5.82. The van der Waals surface area contributed by atoms with E-state index in [4.69, 9.17) is 9.15 Å². The van der Waals surface area contributed by atoms with E-state index in [9.17, 15) is 9.90 Å². The number of hydrogen-bond acceptors (Lipinski definition) is 4. The van der Waals surface area contributed by atoms with Gasteiger partial charge in [0.2, 0.25) is 0 Å². The molecule has 0 radical (unpaired) electrons. The SMILES string of the molecule is C=C1CCC2C(C)(C)[C@H](O)CC[C@@]2(C)[C@@H]1COc1cc(=O)oc2ccccc12. The van der Waals surface area contributed by atoms with E-state index in [1.54, 1.807) is 6.07 Å². The summed E-state index contributed by atoms with van der Waals surface area (Å²) in [6.45, 7) is 11.6. The van der Waals surface area contributed by atoms with E-state index in [-0.39, 0.29) is 22.9 Å². The van der Waals surface area contributed by atoms with Crippen molar-refractivity contribution in [1.29, 1.82) is 0 Å². The molecule has 1 aromatic carbocycles. The summed E-state index contributed by atoms with van der Waals surface area (Å²) >= 11 is 0. The van der Waals surface area contributed by atoms with Crippen LogP contribution in [0.4, 0.5) is 0 Å². The van der Waals surface area contributed by atoms with Crippen molar-refractivity contribution in [2.45, 2.75) is 52.6 Å². The van der Waals surface area contributed by atoms with Gasteiger partial charge >= 0.3 is 5.63 Å². The van der Waals surface area contributed by atoms with Gasteiger partial charge in [0.05, 0.1) is 24.2 Å². The Morgan fingerprint density at radius 2 is 2.00 bits per heavy atom. The van der Waals surface area contributed by atoms with Crippen molar-refractivity contribution in [3.05, 3.63) is 52.9 Å². The Balaban J connectivity index is 1.64. The lowest BCUT2D eigenvalue weighted by molar-refractivity contribution is -0.128. The maximum atomic E-state index is 11.9. The molecule has 0 spiro atoms. The molecular weight excluding hydrogens is 352 g/mol. The maximum Gasteiger partial charge on any atom is 0.339 e. The average molecular weight is 383 g/mol. The molecule has 1 N–H and O–H groups in total. The lowest BCUT2D eigenvalue weighted by Gasteiger charge is -2.59. The van der Waals surface area contributed by atoms with Gasteiger partial charge in [-0.25, -0.2) is 4.79 Å². The van der Waals surface area contributed by atoms with E-state index in [0.29, 0.717) is 23.9 Å². The topological polar surface area (TPSA) is 59.7 Å². The summed E-state index contributed by atoms with van der Waals surface area (Å²) in [4.78, 5) is 11.9. The minimum absolute atomic E-state index is 0.0350. The summed E-state index contributed by atoms with van der Waals surface area (Å²) < 4.78 is 11.5. The van der Waals surface area contributed by atoms with E-state index in [1.165, 1.54) is 11.6 Å². The zero-order chi connectivity index (χ0) is 20.1. The van der Waals surface area contributed by atoms with Crippen LogP contribution in [0.1, 0.15) is 46.5 Å². The maximum absolute atomic E-state index is 11.9. The van der Waals surface area contributed by atoms with Gasteiger partial charge in [0, 0.05) is 5.92 Å². The molecule has 4 nitrogen and oxygen atoms in total. The quantitative estimate of drug-likeness (QED) is 0.603. The lowest BCUT2D eigenvalue weighted by Crippen LogP contribution is -2.55. The highest BCUT2D eigenvalue weighted by Gasteiger charge is 2.56. The van der Waals surface area contributed by atoms with Crippen LogP contribution in [-0.2, 0) is 0 Å². The fourth-order valence-corrected chi connectivity index (χ4v) is 5.85. The third-order valence-electron chi connectivity index (χ3n) is 7.57. The van der Waals surface area contributed by atoms with Crippen molar-refractivity contribution in [2.75, 3.05) is 6.61 Å². The number of benzene rings is 1. The Kier molecular flexibility index (Phi) is 4.65. The first-order valence-corrected chi connectivity index (χ1v) is 10.2. The fraction of sp³-hybridized carbons (Fsp3) is 0.542. The molecule has 0 bridgehead atoms. The third kappa shape index (κ3) is 2.98. The number of aliphatic hydroxyl groups excluding tert-OH is 1. The van der Waals surface area contributed by atoms with Gasteiger partial charge < -0.3 is 14.3 Å². The second kappa shape index (κ2) is 6.77. The number of rotatable bonds is 3. The van der Waals surface area contributed by atoms with Gasteiger partial charge in [0.25, 0.3) is 0 Å². The van der Waals surface area contributed by atoms with Crippen molar-refractivity contribution in [1.82, 2.24) is 0 Å². The molecule has 150 valence electrons. The van der Waals surface area contributed by atoms with Gasteiger partial charge in [0.15, 0.2) is 0 Å². The van der Waals surface area contributed by atoms with Crippen molar-refractivity contribution in [2.24, 2.45) is 22.7 Å². The third-order valence-corrected chi connectivity index (χ3v) is 7.57. The number of ether oxygens (including phenoxy) is 1. The molecule has 28 heavy (non-hydrogen) atoms. The molecule has 0 amide bonds. The molecule has 1 heterocycles. The van der Waals surface area contributed by atoms with Crippen LogP contribution in [0.2, 0.25) is 0 Å². The summed E-state index contributed by atoms with van der Waals surface area (Å²) in [5, 5.41) is 11.4. The second-order valence-corrected chi connectivity index (χ2v) is 9.42. The molecule has 4 heteroatoms. The van der Waals surface area contributed by atoms with Gasteiger partial charge in [0.1, 0.15) is 11.3 Å². The van der Waals surface area contributed by atoms with Crippen LogP contribution in [-0.4, -0.2) is 17.8 Å². The largest absolute Gasteiger partial charge is 0.492 e. The Morgan fingerprint density at radius 1 is 1.25 bits per heavy atom. The van der Waals surface area contributed by atoms with E-state index >= 15 is 0 Å². The Morgan fingerprint density at radius 3 is 2.79 bits per heavy atom. The molecule has 1 aromatic heterocycles. The summed E-state index contributed by atoms with van der Waals surface area (Å²) in [7, 11) is 0. The van der Waals surface area contributed by atoms with Crippen LogP contribution in [0.15, 0.2) is 51.7 Å². The van der Waals surface area contributed by atoms with Crippen LogP contribution in [0.3, 0.4) is 0 Å². The first kappa shape index (κ1) is 19.3. The highest BCUT2D eigenvalue weighted by Crippen LogP contribution is 2.60. The summed E-state index contributed by atoms with van der Waals surface area (Å²) in [5.74, 6) is 1.19. The number of para-hydroxylation sites is 1. The van der Waals surface area contributed by atoms with E-state index in [0.717, 1.165) is 31.1 Å². The standard InChI is InChI=1S/C24H30O4/c1-15-9-10-20-23(2,3)21(25)11-12-24(20,4)17(15)14-27-19-13-22(26)28-18-8-6-5-7-16(18)19/h5-8,13,17,20-21,25H,1,9-12,14H2,2-4H3/t17-,20?,21-,24+/m1/s1. The van der Waals surface area contributed by atoms with Crippen molar-refractivity contribution in [3.63, 3.8) is 0 Å². The number of hydrogen-bond donors (Lipinski definition) is 1. The van der Waals surface area contributed by atoms with Crippen LogP contribution in [0.5, 0.6) is 5.75 Å². The molecule has 4 atom stereocenters. The number of aliphatic hydroxyl groups is 1. The second-order valence-electron chi connectivity index (χ2n) is 9.42. The molecule has 2 aliphatic carbocycles. The van der Waals surface area contributed by atoms with Crippen LogP contribution in [0.25, 0.3) is 11.0 Å². The van der Waals surface area contributed by atoms with Crippen LogP contribution in [0, 0.1) is 22.7 Å². The molecule has 2 aliphatic rings. The predicted molar refractivity (Wildman–Crippen MR) is 110 cm³/mol. The van der Waals surface area contributed by atoms with Crippen molar-refractivity contribution >= 4 is 11.0 Å². The normalized spacial score (nSPS) is 32.1. The zero-order valence-electron chi connectivity index (χ0n) is 17.0. The molecule has 2 fully saturated rings. The van der Waals surface area contributed by atoms with Gasteiger partial charge in [-0.3, -0.25) is 0 Å². The summed E-state index contributed by atoms with van der Waals surface area (Å²) in [5.41, 5.74) is 1.28. The van der Waals surface area contributed by atoms with Crippen LogP contribution >= 0.6 is 0 Å². The Labute approximate surface area is 166 Å². The first-order valence-electron chi connectivity index (χ1n) is 10.2. The van der Waals surface area contributed by atoms with Crippen LogP contribution < -0.4 is 10.4 Å². The first-order chi connectivity index (χ1) is 13.2. The Hall–Kier alpha value is -2.07. The van der Waals surface area contributed by atoms with E-state index in [2.05, 4.69) is 27.4 Å². The van der Waals surface area contributed by atoms with Gasteiger partial charge in [-0.1, -0.05) is 45.1 Å². The zero-order valence-corrected chi connectivity index (χ0v) is 17.0. The highest BCUT2D eigenvalue weighted by atomic mass is 16.5. The molecule has 0 aliphatic heterocycles. The molecule has 0 saturated heterocycles. The van der Waals surface area contributed by atoms with Gasteiger partial charge in [-0.05, 0) is 54.6 Å². The van der Waals surface area contributed by atoms with Gasteiger partial charge in [-0.15, -0.1) is 0 Å². The molecule has 1 unspecified atom stereocenters. The Bertz CT molecular complexity index is 956. The smallest absolute Gasteiger partial charge is 0.339 e. The van der Waals surface area contributed by atoms with E-state index < -0.39 is 5.63 Å². The number of fused-ring (bicyclic) bond motifs is 2. The van der Waals surface area contributed by atoms with E-state index in [1.807, 2.05) is 18.2 Å². The van der Waals surface area contributed by atoms with Crippen molar-refractivity contribution < 1.29 is 14.3 Å². The molecule has 2 saturated carbocycles. The summed E-state index contributed by atoms with van der Waals surface area (Å²) in [6, 6.07) is 8.89. The molecule has 4 rings (SSSR count).